The molecule has 0 bridgehead atoms. The lowest BCUT2D eigenvalue weighted by molar-refractivity contribution is 1.18. The van der Waals surface area contributed by atoms with Crippen LogP contribution in [0.1, 0.15) is 5.69 Å². The van der Waals surface area contributed by atoms with Crippen LogP contribution in [0.15, 0.2) is 18.3 Å². The summed E-state index contributed by atoms with van der Waals surface area (Å²) in [4.78, 5) is 3.00. The molecule has 0 unspecified atom stereocenters. The van der Waals surface area contributed by atoms with E-state index in [1.165, 1.54) is 0 Å². The van der Waals surface area contributed by atoms with Crippen molar-refractivity contribution in [3.8, 4) is 12.3 Å². The number of nitrogens with one attached hydrogen (secondary N) is 1. The molecule has 1 rings (SSSR count). The van der Waals surface area contributed by atoms with Gasteiger partial charge in [-0.25, -0.2) is 0 Å². The first-order valence-electron chi connectivity index (χ1n) is 2.49. The van der Waals surface area contributed by atoms with Crippen LogP contribution in [0.2, 0.25) is 0 Å². The van der Waals surface area contributed by atoms with Crippen molar-refractivity contribution in [2.24, 2.45) is 0 Å². The molecule has 0 aliphatic carbocycles. The molecule has 0 aliphatic rings. The van der Waals surface area contributed by atoms with Gasteiger partial charge in [-0.05, 0) is 12.1 Å². The Morgan fingerprint density at radius 1 is 1.75 bits per heavy atom. The number of rotatable bonds is 1. The molecule has 1 N–H and O–H groups in total. The monoisotopic (exact) mass is 105 g/mol. The zero-order valence-electron chi connectivity index (χ0n) is 4.52. The third kappa shape index (κ3) is 0.913. The van der Waals surface area contributed by atoms with Crippen molar-refractivity contribution in [2.45, 2.75) is 6.42 Å². The summed E-state index contributed by atoms with van der Waals surface area (Å²) in [6, 6.07) is 3.91. The molecule has 0 atom stereocenters. The Labute approximate surface area is 48.7 Å². The summed E-state index contributed by atoms with van der Waals surface area (Å²) in [6.45, 7) is 0. The van der Waals surface area contributed by atoms with Crippen LogP contribution in [0.3, 0.4) is 0 Å². The van der Waals surface area contributed by atoms with E-state index in [0.29, 0.717) is 6.42 Å². The van der Waals surface area contributed by atoms with E-state index < -0.39 is 0 Å². The number of H-pyrrole nitrogens is 1. The Morgan fingerprint density at radius 2 is 2.62 bits per heavy atom. The van der Waals surface area contributed by atoms with Crippen LogP contribution in [0.4, 0.5) is 0 Å². The van der Waals surface area contributed by atoms with Crippen LogP contribution < -0.4 is 0 Å². The third-order valence-electron chi connectivity index (χ3n) is 0.955. The first-order chi connectivity index (χ1) is 3.93. The van der Waals surface area contributed by atoms with E-state index in [9.17, 15) is 0 Å². The summed E-state index contributed by atoms with van der Waals surface area (Å²) < 4.78 is 0. The second kappa shape index (κ2) is 2.23. The van der Waals surface area contributed by atoms with Gasteiger partial charge in [0.25, 0.3) is 0 Å². The highest BCUT2D eigenvalue weighted by Gasteiger charge is 1.83. The normalized spacial score (nSPS) is 8.38. The summed E-state index contributed by atoms with van der Waals surface area (Å²) >= 11 is 0. The second-order valence-electron chi connectivity index (χ2n) is 1.58. The smallest absolute Gasteiger partial charge is 0.0488 e. The predicted molar refractivity (Wildman–Crippen MR) is 33.3 cm³/mol. The maximum absolute atomic E-state index is 5.05. The first-order valence-corrected chi connectivity index (χ1v) is 2.49. The van der Waals surface area contributed by atoms with E-state index in [1.807, 2.05) is 18.3 Å². The van der Waals surface area contributed by atoms with Gasteiger partial charge in [-0.2, -0.15) is 0 Å². The van der Waals surface area contributed by atoms with Crippen molar-refractivity contribution in [3.63, 3.8) is 0 Å². The van der Waals surface area contributed by atoms with Crippen LogP contribution >= 0.6 is 0 Å². The van der Waals surface area contributed by atoms with Crippen LogP contribution in [0, 0.1) is 12.3 Å². The Bertz CT molecular complexity index is 179. The molecule has 1 nitrogen and oxygen atoms in total. The average Bonchev–Trinajstić information content (AvgIpc) is 2.19. The van der Waals surface area contributed by atoms with E-state index in [0.717, 1.165) is 5.69 Å². The molecule has 0 saturated heterocycles. The summed E-state index contributed by atoms with van der Waals surface area (Å²) in [5, 5.41) is 0. The zero-order chi connectivity index (χ0) is 5.82. The molecule has 0 saturated carbocycles. The highest BCUT2D eigenvalue weighted by atomic mass is 14.7. The van der Waals surface area contributed by atoms with Gasteiger partial charge in [0.05, 0.1) is 0 Å². The highest BCUT2D eigenvalue weighted by Crippen LogP contribution is 1.92. The Hall–Kier alpha value is -1.16. The van der Waals surface area contributed by atoms with Gasteiger partial charge in [0.2, 0.25) is 0 Å². The average molecular weight is 105 g/mol. The molecule has 8 heavy (non-hydrogen) atoms. The van der Waals surface area contributed by atoms with Gasteiger partial charge in [0.15, 0.2) is 0 Å². The molecular weight excluding hydrogens is 98.1 g/mol. The van der Waals surface area contributed by atoms with Crippen LogP contribution in [-0.2, 0) is 6.42 Å². The van der Waals surface area contributed by atoms with Crippen LogP contribution in [0.5, 0.6) is 0 Å². The third-order valence-corrected chi connectivity index (χ3v) is 0.955. The lowest BCUT2D eigenvalue weighted by Crippen LogP contribution is -1.76. The fourth-order valence-electron chi connectivity index (χ4n) is 0.587. The summed E-state index contributed by atoms with van der Waals surface area (Å²) in [5.74, 6) is 2.54. The van der Waals surface area contributed by atoms with Crippen LogP contribution in [0.25, 0.3) is 0 Å². The molecule has 0 fully saturated rings. The van der Waals surface area contributed by atoms with Crippen molar-refractivity contribution in [1.82, 2.24) is 4.98 Å². The van der Waals surface area contributed by atoms with E-state index in [2.05, 4.69) is 10.9 Å². The van der Waals surface area contributed by atoms with Gasteiger partial charge in [-0.1, -0.05) is 0 Å². The van der Waals surface area contributed by atoms with Gasteiger partial charge in [-0.15, -0.1) is 12.3 Å². The number of aromatic nitrogens is 1. The quantitative estimate of drug-likeness (QED) is 0.516. The van der Waals surface area contributed by atoms with Gasteiger partial charge in [0.1, 0.15) is 0 Å². The van der Waals surface area contributed by atoms with E-state index in [-0.39, 0.29) is 0 Å². The summed E-state index contributed by atoms with van der Waals surface area (Å²) in [6.07, 6.45) is 7.62. The standard InChI is InChI=1S/C7H7N/c1-2-4-7-5-3-6-8-7/h1,3,5-6,8H,4H2. The molecule has 1 aromatic heterocycles. The number of aromatic amines is 1. The maximum atomic E-state index is 5.05. The van der Waals surface area contributed by atoms with E-state index in [4.69, 9.17) is 6.42 Å². The lowest BCUT2D eigenvalue weighted by Gasteiger charge is -1.81. The van der Waals surface area contributed by atoms with Gasteiger partial charge < -0.3 is 4.98 Å². The minimum atomic E-state index is 0.701. The van der Waals surface area contributed by atoms with E-state index >= 15 is 0 Å². The zero-order valence-corrected chi connectivity index (χ0v) is 4.52. The van der Waals surface area contributed by atoms with E-state index in [1.54, 1.807) is 0 Å². The van der Waals surface area contributed by atoms with Crippen molar-refractivity contribution >= 4 is 0 Å². The fraction of sp³-hybridized carbons (Fsp3) is 0.143. The highest BCUT2D eigenvalue weighted by molar-refractivity contribution is 5.10. The molecule has 0 amide bonds. The number of terminal acetylenes is 1. The SMILES string of the molecule is C#CCc1ccc[nH]1. The molecular formula is C7H7N. The molecule has 1 heteroatoms. The Balaban J connectivity index is 2.67. The molecule has 0 aromatic carbocycles. The molecule has 1 aromatic rings. The van der Waals surface area contributed by atoms with Gasteiger partial charge in [0, 0.05) is 18.3 Å². The number of hydrogen-bond acceptors (Lipinski definition) is 0. The van der Waals surface area contributed by atoms with Crippen LogP contribution in [-0.4, -0.2) is 4.98 Å². The minimum absolute atomic E-state index is 0.701. The largest absolute Gasteiger partial charge is 0.364 e. The molecule has 0 spiro atoms. The number of hydrogen-bond donors (Lipinski definition) is 1. The molecule has 40 valence electrons. The predicted octanol–water partition coefficient (Wildman–Crippen LogP) is 1.19. The molecule has 0 aliphatic heterocycles. The van der Waals surface area contributed by atoms with Crippen molar-refractivity contribution in [1.29, 1.82) is 0 Å². The maximum Gasteiger partial charge on any atom is 0.0488 e. The first kappa shape index (κ1) is 4.99. The van der Waals surface area contributed by atoms with Crippen molar-refractivity contribution < 1.29 is 0 Å². The molecule has 1 heterocycles. The Morgan fingerprint density at radius 3 is 3.12 bits per heavy atom. The lowest BCUT2D eigenvalue weighted by atomic mass is 10.3. The van der Waals surface area contributed by atoms with Crippen molar-refractivity contribution in [3.05, 3.63) is 24.0 Å². The second-order valence-corrected chi connectivity index (χ2v) is 1.58. The topological polar surface area (TPSA) is 15.8 Å². The van der Waals surface area contributed by atoms with Gasteiger partial charge >= 0.3 is 0 Å². The molecule has 0 radical (unpaired) electrons. The van der Waals surface area contributed by atoms with Gasteiger partial charge in [-0.3, -0.25) is 0 Å². The van der Waals surface area contributed by atoms with Crippen molar-refractivity contribution in [2.75, 3.05) is 0 Å². The summed E-state index contributed by atoms with van der Waals surface area (Å²) in [7, 11) is 0. The Kier molecular flexibility index (Phi) is 1.39. The summed E-state index contributed by atoms with van der Waals surface area (Å²) in [5.41, 5.74) is 1.10. The minimum Gasteiger partial charge on any atom is -0.364 e. The fourth-order valence-corrected chi connectivity index (χ4v) is 0.587.